The molecule has 142 valence electrons. The number of hydrogen-bond acceptors (Lipinski definition) is 4. The number of ketones is 1. The molecule has 1 unspecified atom stereocenters. The summed E-state index contributed by atoms with van der Waals surface area (Å²) in [6.07, 6.45) is 9.48. The van der Waals surface area contributed by atoms with E-state index in [4.69, 9.17) is 4.74 Å². The first-order valence-corrected chi connectivity index (χ1v) is 10.2. The van der Waals surface area contributed by atoms with E-state index in [1.807, 2.05) is 0 Å². The Kier molecular flexibility index (Phi) is 4.16. The van der Waals surface area contributed by atoms with Gasteiger partial charge in [0, 0.05) is 31.1 Å². The van der Waals surface area contributed by atoms with Gasteiger partial charge in [-0.3, -0.25) is 9.59 Å². The Labute approximate surface area is 155 Å². The van der Waals surface area contributed by atoms with Crippen molar-refractivity contribution in [3.05, 3.63) is 11.6 Å². The molecule has 0 amide bonds. The number of ether oxygens (including phenoxy) is 1. The van der Waals surface area contributed by atoms with Crippen LogP contribution >= 0.6 is 0 Å². The highest BCUT2D eigenvalue weighted by molar-refractivity contribution is 5.87. The molecule has 0 spiro atoms. The molecule has 7 atom stereocenters. The first-order chi connectivity index (χ1) is 12.3. The summed E-state index contributed by atoms with van der Waals surface area (Å²) in [6, 6.07) is 0. The van der Waals surface area contributed by atoms with Crippen LogP contribution in [0, 0.1) is 34.5 Å². The number of carbonyl (C=O) groups is 3. The quantitative estimate of drug-likeness (QED) is 0.427. The molecule has 4 aliphatic carbocycles. The fourth-order valence-electron chi connectivity index (χ4n) is 6.94. The van der Waals surface area contributed by atoms with Crippen molar-refractivity contribution in [1.82, 2.24) is 0 Å². The van der Waals surface area contributed by atoms with Gasteiger partial charge in [-0.1, -0.05) is 25.5 Å². The third-order valence-electron chi connectivity index (χ3n) is 8.35. The van der Waals surface area contributed by atoms with Gasteiger partial charge < -0.3 is 9.53 Å². The number of carbonyl (C=O) groups excluding carboxylic acids is 3. The van der Waals surface area contributed by atoms with E-state index in [1.54, 1.807) is 0 Å². The molecule has 0 aromatic heterocycles. The molecular formula is C22H30O4. The van der Waals surface area contributed by atoms with Crippen LogP contribution in [0.4, 0.5) is 0 Å². The van der Waals surface area contributed by atoms with Crippen LogP contribution in [-0.2, 0) is 19.1 Å². The van der Waals surface area contributed by atoms with Crippen LogP contribution in [0.2, 0.25) is 0 Å². The van der Waals surface area contributed by atoms with E-state index in [0.717, 1.165) is 44.8 Å². The molecule has 26 heavy (non-hydrogen) atoms. The fourth-order valence-corrected chi connectivity index (χ4v) is 6.94. The van der Waals surface area contributed by atoms with Gasteiger partial charge in [-0.2, -0.15) is 0 Å². The monoisotopic (exact) mass is 358 g/mol. The van der Waals surface area contributed by atoms with Gasteiger partial charge in [-0.15, -0.1) is 0 Å². The van der Waals surface area contributed by atoms with E-state index in [1.165, 1.54) is 12.5 Å². The Morgan fingerprint density at radius 2 is 1.85 bits per heavy atom. The van der Waals surface area contributed by atoms with E-state index in [0.29, 0.717) is 24.0 Å². The Bertz CT molecular complexity index is 680. The minimum atomic E-state index is -0.224. The van der Waals surface area contributed by atoms with Gasteiger partial charge in [0.05, 0.1) is 0 Å². The topological polar surface area (TPSA) is 60.4 Å². The molecule has 4 nitrogen and oxygen atoms in total. The summed E-state index contributed by atoms with van der Waals surface area (Å²) in [5.41, 5.74) is 1.16. The summed E-state index contributed by atoms with van der Waals surface area (Å²) in [7, 11) is 0. The van der Waals surface area contributed by atoms with Crippen LogP contribution < -0.4 is 0 Å². The molecule has 4 heteroatoms. The number of aldehydes is 1. The minimum Gasteiger partial charge on any atom is -0.462 e. The first-order valence-electron chi connectivity index (χ1n) is 10.2. The molecule has 0 saturated heterocycles. The van der Waals surface area contributed by atoms with Crippen LogP contribution in [-0.4, -0.2) is 24.1 Å². The van der Waals surface area contributed by atoms with Crippen LogP contribution in [0.15, 0.2) is 11.6 Å². The Morgan fingerprint density at radius 1 is 1.15 bits per heavy atom. The maximum atomic E-state index is 12.6. The van der Waals surface area contributed by atoms with E-state index < -0.39 is 0 Å². The van der Waals surface area contributed by atoms with E-state index in [2.05, 4.69) is 19.9 Å². The van der Waals surface area contributed by atoms with Crippen molar-refractivity contribution < 1.29 is 19.1 Å². The van der Waals surface area contributed by atoms with E-state index >= 15 is 0 Å². The van der Waals surface area contributed by atoms with Crippen LogP contribution in [0.25, 0.3) is 0 Å². The third kappa shape index (κ3) is 2.44. The predicted octanol–water partition coefficient (Wildman–Crippen LogP) is 3.88. The standard InChI is InChI=1S/C22H30O4/c1-13(24)26-16-6-8-21(2)15(11-16)10-14(12-23)20-17-4-5-19(25)22(17,3)9-7-18(20)21/h10,12,14,16-18,20H,4-9,11H2,1-3H3/t14?,16-,17-,18-,20-,21-,22-/m0/s1. The van der Waals surface area contributed by atoms with Crippen LogP contribution in [0.3, 0.4) is 0 Å². The average Bonchev–Trinajstić information content (AvgIpc) is 2.89. The Morgan fingerprint density at radius 3 is 2.54 bits per heavy atom. The highest BCUT2D eigenvalue weighted by Gasteiger charge is 2.60. The largest absolute Gasteiger partial charge is 0.462 e. The zero-order chi connectivity index (χ0) is 18.7. The van der Waals surface area contributed by atoms with Crippen molar-refractivity contribution >= 4 is 18.0 Å². The molecular weight excluding hydrogens is 328 g/mol. The summed E-state index contributed by atoms with van der Waals surface area (Å²) in [6.45, 7) is 5.96. The van der Waals surface area contributed by atoms with Crippen molar-refractivity contribution in [3.63, 3.8) is 0 Å². The van der Waals surface area contributed by atoms with Gasteiger partial charge in [0.15, 0.2) is 0 Å². The third-order valence-corrected chi connectivity index (χ3v) is 8.35. The number of allylic oxidation sites excluding steroid dienone is 1. The lowest BCUT2D eigenvalue weighted by Gasteiger charge is -2.58. The minimum absolute atomic E-state index is 0.0578. The number of hydrogen-bond donors (Lipinski definition) is 0. The van der Waals surface area contributed by atoms with E-state index in [-0.39, 0.29) is 34.7 Å². The highest BCUT2D eigenvalue weighted by Crippen LogP contribution is 2.65. The van der Waals surface area contributed by atoms with Crippen molar-refractivity contribution in [1.29, 1.82) is 0 Å². The maximum Gasteiger partial charge on any atom is 0.302 e. The van der Waals surface area contributed by atoms with Gasteiger partial charge in [0.1, 0.15) is 18.2 Å². The SMILES string of the molecule is CC(=O)O[C@H]1CC[C@@]2(C)C(=CC(C=O)[C@@H]3[C@@H]2CC[C@]2(C)C(=O)CC[C@@H]32)C1. The second-order valence-electron chi connectivity index (χ2n) is 9.51. The molecule has 0 N–H and O–H groups in total. The van der Waals surface area contributed by atoms with Crippen molar-refractivity contribution in [2.24, 2.45) is 34.5 Å². The molecule has 0 bridgehead atoms. The molecule has 0 radical (unpaired) electrons. The summed E-state index contributed by atoms with van der Waals surface area (Å²) in [5, 5.41) is 0. The molecule has 3 saturated carbocycles. The molecule has 0 aliphatic heterocycles. The van der Waals surface area contributed by atoms with Gasteiger partial charge >= 0.3 is 5.97 Å². The zero-order valence-corrected chi connectivity index (χ0v) is 16.1. The number of Topliss-reactive ketones (excluding diaryl/α,β-unsaturated/α-hetero) is 1. The lowest BCUT2D eigenvalue weighted by molar-refractivity contribution is -0.149. The highest BCUT2D eigenvalue weighted by atomic mass is 16.5. The summed E-state index contributed by atoms with van der Waals surface area (Å²) in [4.78, 5) is 35.9. The van der Waals surface area contributed by atoms with Crippen LogP contribution in [0.1, 0.15) is 65.7 Å². The van der Waals surface area contributed by atoms with Crippen LogP contribution in [0.5, 0.6) is 0 Å². The van der Waals surface area contributed by atoms with Crippen molar-refractivity contribution in [2.75, 3.05) is 0 Å². The molecule has 3 fully saturated rings. The molecule has 4 rings (SSSR count). The normalized spacial score (nSPS) is 47.3. The summed E-state index contributed by atoms with van der Waals surface area (Å²) in [5.74, 6) is 1.16. The smallest absolute Gasteiger partial charge is 0.302 e. The molecule has 4 aliphatic rings. The average molecular weight is 358 g/mol. The number of rotatable bonds is 2. The van der Waals surface area contributed by atoms with Crippen molar-refractivity contribution in [2.45, 2.75) is 71.8 Å². The molecule has 0 heterocycles. The predicted molar refractivity (Wildman–Crippen MR) is 97.2 cm³/mol. The second-order valence-corrected chi connectivity index (χ2v) is 9.51. The second kappa shape index (κ2) is 6.03. The van der Waals surface area contributed by atoms with Gasteiger partial charge in [-0.25, -0.2) is 0 Å². The summed E-state index contributed by atoms with van der Waals surface area (Å²) < 4.78 is 5.48. The fraction of sp³-hybridized carbons (Fsp3) is 0.773. The van der Waals surface area contributed by atoms with Gasteiger partial charge in [0.2, 0.25) is 0 Å². The Hall–Kier alpha value is -1.45. The lowest BCUT2D eigenvalue weighted by Crippen LogP contribution is -2.53. The summed E-state index contributed by atoms with van der Waals surface area (Å²) >= 11 is 0. The number of fused-ring (bicyclic) bond motifs is 5. The first kappa shape index (κ1) is 17.9. The maximum absolute atomic E-state index is 12.6. The van der Waals surface area contributed by atoms with Gasteiger partial charge in [0.25, 0.3) is 0 Å². The molecule has 0 aromatic carbocycles. The molecule has 0 aromatic rings. The van der Waals surface area contributed by atoms with E-state index in [9.17, 15) is 14.4 Å². The van der Waals surface area contributed by atoms with Crippen molar-refractivity contribution in [3.8, 4) is 0 Å². The Balaban J connectivity index is 1.69. The zero-order valence-electron chi connectivity index (χ0n) is 16.1. The van der Waals surface area contributed by atoms with Gasteiger partial charge in [-0.05, 0) is 55.3 Å². The lowest BCUT2D eigenvalue weighted by atomic mass is 9.46. The number of esters is 1.